The Labute approximate surface area is 151 Å². The van der Waals surface area contributed by atoms with E-state index in [9.17, 15) is 13.2 Å². The van der Waals surface area contributed by atoms with Crippen LogP contribution in [-0.4, -0.2) is 34.2 Å². The summed E-state index contributed by atoms with van der Waals surface area (Å²) >= 11 is 0. The molecule has 0 amide bonds. The molecule has 3 rings (SSSR count). The number of hydrogen-bond donors (Lipinski definition) is 3. The number of anilines is 2. The van der Waals surface area contributed by atoms with Gasteiger partial charge in [-0.15, -0.1) is 5.10 Å². The van der Waals surface area contributed by atoms with Crippen LogP contribution in [-0.2, 0) is 0 Å². The van der Waals surface area contributed by atoms with Crippen LogP contribution in [0.25, 0.3) is 16.6 Å². The van der Waals surface area contributed by atoms with E-state index in [0.29, 0.717) is 5.56 Å². The van der Waals surface area contributed by atoms with Crippen LogP contribution < -0.4 is 15.8 Å². The fourth-order valence-electron chi connectivity index (χ4n) is 2.67. The first kappa shape index (κ1) is 18.4. The van der Waals surface area contributed by atoms with Gasteiger partial charge in [0.1, 0.15) is 11.2 Å². The van der Waals surface area contributed by atoms with E-state index in [-0.39, 0.29) is 34.3 Å². The van der Waals surface area contributed by atoms with Crippen LogP contribution >= 0.6 is 0 Å². The summed E-state index contributed by atoms with van der Waals surface area (Å²) in [7, 11) is 1.36. The molecule has 1 atom stereocenters. The highest BCUT2D eigenvalue weighted by Crippen LogP contribution is 2.37. The number of rotatable bonds is 6. The molecular formula is C16H16F3N7O. The molecule has 8 nitrogen and oxygen atoms in total. The smallest absolute Gasteiger partial charge is 0.258 e. The molecule has 0 aliphatic carbocycles. The van der Waals surface area contributed by atoms with E-state index in [0.717, 1.165) is 6.20 Å². The van der Waals surface area contributed by atoms with Gasteiger partial charge in [0.15, 0.2) is 5.82 Å². The third-order valence-electron chi connectivity index (χ3n) is 3.93. The van der Waals surface area contributed by atoms with Gasteiger partial charge >= 0.3 is 0 Å². The molecule has 0 spiro atoms. The van der Waals surface area contributed by atoms with Crippen LogP contribution in [0.3, 0.4) is 0 Å². The van der Waals surface area contributed by atoms with Crippen LogP contribution in [0, 0.1) is 11.3 Å². The quantitative estimate of drug-likeness (QED) is 0.563. The Morgan fingerprint density at radius 3 is 2.74 bits per heavy atom. The summed E-state index contributed by atoms with van der Waals surface area (Å²) in [6.07, 6.45) is -1.51. The Bertz CT molecular complexity index is 1010. The van der Waals surface area contributed by atoms with Gasteiger partial charge in [-0.2, -0.15) is 10.1 Å². The highest BCUT2D eigenvalue weighted by Gasteiger charge is 2.21. The first-order valence-electron chi connectivity index (χ1n) is 7.80. The minimum atomic E-state index is -2.63. The number of nitrogens with zero attached hydrogens (tertiary/aromatic N) is 4. The number of ether oxygens (including phenoxy) is 1. The van der Waals surface area contributed by atoms with Crippen molar-refractivity contribution in [2.75, 3.05) is 18.2 Å². The summed E-state index contributed by atoms with van der Waals surface area (Å²) < 4.78 is 46.8. The average Bonchev–Trinajstić information content (AvgIpc) is 2.96. The number of nitrogen functional groups attached to an aromatic ring is 1. The van der Waals surface area contributed by atoms with Crippen molar-refractivity contribution in [1.29, 1.82) is 5.53 Å². The average molecular weight is 379 g/mol. The number of fused-ring (bicyclic) bond motifs is 1. The van der Waals surface area contributed by atoms with Gasteiger partial charge in [0.25, 0.3) is 6.43 Å². The van der Waals surface area contributed by atoms with Gasteiger partial charge in [0.05, 0.1) is 30.6 Å². The molecule has 0 aliphatic heterocycles. The molecule has 4 N–H and O–H groups in total. The predicted molar refractivity (Wildman–Crippen MR) is 93.2 cm³/mol. The predicted octanol–water partition coefficient (Wildman–Crippen LogP) is 3.85. The highest BCUT2D eigenvalue weighted by molar-refractivity contribution is 5.87. The minimum Gasteiger partial charge on any atom is -0.479 e. The maximum atomic E-state index is 14.7. The number of nitrogens with one attached hydrogen (secondary N) is 2. The number of benzene rings is 1. The summed E-state index contributed by atoms with van der Waals surface area (Å²) in [5, 5.41) is 9.83. The first-order valence-corrected chi connectivity index (χ1v) is 7.80. The zero-order chi connectivity index (χ0) is 19.7. The largest absolute Gasteiger partial charge is 0.479 e. The lowest BCUT2D eigenvalue weighted by Crippen LogP contribution is -2.23. The van der Waals surface area contributed by atoms with E-state index in [1.165, 1.54) is 36.7 Å². The van der Waals surface area contributed by atoms with Gasteiger partial charge in [-0.25, -0.2) is 23.2 Å². The van der Waals surface area contributed by atoms with Crippen molar-refractivity contribution in [3.05, 3.63) is 30.2 Å². The van der Waals surface area contributed by atoms with Gasteiger partial charge in [-0.3, -0.25) is 0 Å². The van der Waals surface area contributed by atoms with E-state index < -0.39 is 18.3 Å². The first-order chi connectivity index (χ1) is 12.8. The summed E-state index contributed by atoms with van der Waals surface area (Å²) in [5.41, 5.74) is 13.8. The maximum Gasteiger partial charge on any atom is 0.258 e. The Balaban J connectivity index is 2.19. The summed E-state index contributed by atoms with van der Waals surface area (Å²) in [4.78, 5) is 3.94. The third-order valence-corrected chi connectivity index (χ3v) is 3.93. The standard InChI is InChI=1S/C16H16F3N7O/c1-7(14(18)19)22-11-5-8(3-4-10(11)24-21)12-9(17)6-26-13(12)15(27-2)23-16(20)25-26/h3-7,14,21-22H,1-2H3,(H2,20,25)/t7-/m0/s1. The fourth-order valence-corrected chi connectivity index (χ4v) is 2.67. The fraction of sp³-hybridized carbons (Fsp3) is 0.250. The maximum absolute atomic E-state index is 14.7. The normalized spacial score (nSPS) is 12.4. The molecule has 0 saturated heterocycles. The summed E-state index contributed by atoms with van der Waals surface area (Å²) in [6.45, 7) is 1.29. The zero-order valence-electron chi connectivity index (χ0n) is 14.4. The Hall–Kier alpha value is -3.37. The number of alkyl halides is 2. The molecule has 142 valence electrons. The molecule has 27 heavy (non-hydrogen) atoms. The molecule has 0 radical (unpaired) electrons. The van der Waals surface area contributed by atoms with Gasteiger partial charge < -0.3 is 15.8 Å². The SMILES string of the molecule is COc1nc(N)nn2cc(F)c(-c3ccc(N=N)c(N[C@@H](C)C(F)F)c3)c12. The molecular weight excluding hydrogens is 363 g/mol. The number of nitrogens with two attached hydrogens (primary N) is 1. The minimum absolute atomic E-state index is 0.0612. The Kier molecular flexibility index (Phi) is 4.84. The molecule has 2 aromatic heterocycles. The summed E-state index contributed by atoms with van der Waals surface area (Å²) in [5.74, 6) is -0.667. The monoisotopic (exact) mass is 379 g/mol. The molecule has 0 fully saturated rings. The van der Waals surface area contributed by atoms with Crippen molar-refractivity contribution in [3.8, 4) is 17.0 Å². The van der Waals surface area contributed by atoms with E-state index in [4.69, 9.17) is 16.0 Å². The van der Waals surface area contributed by atoms with Crippen LogP contribution in [0.4, 0.5) is 30.5 Å². The van der Waals surface area contributed by atoms with Crippen molar-refractivity contribution in [2.24, 2.45) is 5.11 Å². The van der Waals surface area contributed by atoms with Crippen molar-refractivity contribution < 1.29 is 17.9 Å². The van der Waals surface area contributed by atoms with Crippen molar-refractivity contribution >= 4 is 22.8 Å². The van der Waals surface area contributed by atoms with Crippen LogP contribution in [0.1, 0.15) is 6.92 Å². The van der Waals surface area contributed by atoms with Gasteiger partial charge in [0.2, 0.25) is 11.8 Å². The van der Waals surface area contributed by atoms with E-state index in [1.807, 2.05) is 0 Å². The van der Waals surface area contributed by atoms with Gasteiger partial charge in [-0.05, 0) is 24.6 Å². The molecule has 3 aromatic rings. The zero-order valence-corrected chi connectivity index (χ0v) is 14.4. The van der Waals surface area contributed by atoms with E-state index in [2.05, 4.69) is 20.5 Å². The van der Waals surface area contributed by atoms with E-state index >= 15 is 0 Å². The second-order valence-electron chi connectivity index (χ2n) is 5.74. The highest BCUT2D eigenvalue weighted by atomic mass is 19.3. The van der Waals surface area contributed by atoms with E-state index in [1.54, 1.807) is 0 Å². The Morgan fingerprint density at radius 2 is 2.11 bits per heavy atom. The number of aromatic nitrogens is 3. The molecule has 2 heterocycles. The summed E-state index contributed by atoms with van der Waals surface area (Å²) in [6, 6.07) is 3.19. The van der Waals surface area contributed by atoms with Crippen molar-refractivity contribution in [3.63, 3.8) is 0 Å². The molecule has 11 heteroatoms. The van der Waals surface area contributed by atoms with Gasteiger partial charge in [-0.1, -0.05) is 6.07 Å². The van der Waals surface area contributed by atoms with Crippen molar-refractivity contribution in [2.45, 2.75) is 19.4 Å². The van der Waals surface area contributed by atoms with Crippen LogP contribution in [0.15, 0.2) is 29.5 Å². The van der Waals surface area contributed by atoms with Crippen molar-refractivity contribution in [1.82, 2.24) is 14.6 Å². The molecule has 1 aromatic carbocycles. The Morgan fingerprint density at radius 1 is 1.37 bits per heavy atom. The second kappa shape index (κ2) is 7.09. The number of methoxy groups -OCH3 is 1. The lowest BCUT2D eigenvalue weighted by Gasteiger charge is -2.16. The molecule has 0 bridgehead atoms. The number of halogens is 3. The topological polar surface area (TPSA) is 114 Å². The lowest BCUT2D eigenvalue weighted by atomic mass is 10.0. The molecule has 0 unspecified atom stereocenters. The third kappa shape index (κ3) is 3.35. The second-order valence-corrected chi connectivity index (χ2v) is 5.74. The van der Waals surface area contributed by atoms with Crippen LogP contribution in [0.5, 0.6) is 5.88 Å². The molecule has 0 aliphatic rings. The lowest BCUT2D eigenvalue weighted by molar-refractivity contribution is 0.131. The number of hydrogen-bond acceptors (Lipinski definition) is 7. The van der Waals surface area contributed by atoms with Crippen LogP contribution in [0.2, 0.25) is 0 Å². The van der Waals surface area contributed by atoms with Gasteiger partial charge in [0, 0.05) is 0 Å². The molecule has 0 saturated carbocycles.